The molecule has 2 rings (SSSR count). The van der Waals surface area contributed by atoms with Crippen LogP contribution in [0.25, 0.3) is 0 Å². The Bertz CT molecular complexity index is 769. The van der Waals surface area contributed by atoms with E-state index < -0.39 is 0 Å². The van der Waals surface area contributed by atoms with Crippen molar-refractivity contribution in [2.24, 2.45) is 5.10 Å². The van der Waals surface area contributed by atoms with Crippen LogP contribution in [-0.2, 0) is 6.54 Å². The van der Waals surface area contributed by atoms with E-state index in [2.05, 4.69) is 38.7 Å². The summed E-state index contributed by atoms with van der Waals surface area (Å²) in [6, 6.07) is 13.9. The van der Waals surface area contributed by atoms with E-state index in [0.717, 1.165) is 22.0 Å². The Morgan fingerprint density at radius 1 is 1.19 bits per heavy atom. The number of halogens is 1. The summed E-state index contributed by atoms with van der Waals surface area (Å²) in [4.78, 5) is 0. The van der Waals surface area contributed by atoms with Gasteiger partial charge in [-0.15, -0.1) is 0 Å². The molecule has 0 bridgehead atoms. The van der Waals surface area contributed by atoms with Crippen molar-refractivity contribution in [1.29, 1.82) is 0 Å². The Kier molecular flexibility index (Phi) is 9.07. The molecule has 144 valence electrons. The standard InChI is InChI=1S/C20H24BrN3O2S/c1-3-10-26-19-17(21)11-16(12-18(19)25-4-2)14-23-24-20(27)22-13-15-8-6-5-7-9-15/h5-9,11-12,14H,3-4,10,13H2,1-2H3,(H2,22,24,27)/b23-14-. The van der Waals surface area contributed by atoms with E-state index in [0.29, 0.717) is 36.4 Å². The number of thiocarbonyl (C=S) groups is 1. The number of nitrogens with one attached hydrogen (secondary N) is 2. The number of ether oxygens (including phenoxy) is 2. The van der Waals surface area contributed by atoms with Crippen LogP contribution in [0.3, 0.4) is 0 Å². The molecule has 5 nitrogen and oxygen atoms in total. The molecule has 0 aliphatic carbocycles. The molecular formula is C20H24BrN3O2S. The highest BCUT2D eigenvalue weighted by atomic mass is 79.9. The van der Waals surface area contributed by atoms with Crippen LogP contribution in [0.4, 0.5) is 0 Å². The van der Waals surface area contributed by atoms with Crippen molar-refractivity contribution < 1.29 is 9.47 Å². The van der Waals surface area contributed by atoms with Crippen molar-refractivity contribution >= 4 is 39.5 Å². The molecule has 0 saturated heterocycles. The maximum absolute atomic E-state index is 5.78. The van der Waals surface area contributed by atoms with Crippen molar-refractivity contribution in [3.8, 4) is 11.5 Å². The molecule has 0 unspecified atom stereocenters. The number of benzene rings is 2. The first kappa shape index (κ1) is 21.2. The van der Waals surface area contributed by atoms with Gasteiger partial charge in [0.1, 0.15) is 0 Å². The second-order valence-electron chi connectivity index (χ2n) is 5.65. The lowest BCUT2D eigenvalue weighted by molar-refractivity contribution is 0.275. The summed E-state index contributed by atoms with van der Waals surface area (Å²) in [5.74, 6) is 1.40. The Balaban J connectivity index is 1.95. The summed E-state index contributed by atoms with van der Waals surface area (Å²) in [6.07, 6.45) is 2.62. The third-order valence-corrected chi connectivity index (χ3v) is 4.28. The van der Waals surface area contributed by atoms with Crippen molar-refractivity contribution in [3.05, 3.63) is 58.1 Å². The zero-order chi connectivity index (χ0) is 19.5. The molecule has 0 amide bonds. The van der Waals surface area contributed by atoms with Gasteiger partial charge in [0, 0.05) is 6.54 Å². The van der Waals surface area contributed by atoms with Crippen molar-refractivity contribution in [2.45, 2.75) is 26.8 Å². The summed E-state index contributed by atoms with van der Waals surface area (Å²) in [7, 11) is 0. The van der Waals surface area contributed by atoms with Gasteiger partial charge >= 0.3 is 0 Å². The van der Waals surface area contributed by atoms with Crippen LogP contribution in [0, 0.1) is 0 Å². The molecule has 27 heavy (non-hydrogen) atoms. The summed E-state index contributed by atoms with van der Waals surface area (Å²) in [6.45, 7) is 5.84. The molecule has 7 heteroatoms. The van der Waals surface area contributed by atoms with Gasteiger partial charge in [0.05, 0.1) is 23.9 Å². The largest absolute Gasteiger partial charge is 0.490 e. The maximum Gasteiger partial charge on any atom is 0.187 e. The second-order valence-corrected chi connectivity index (χ2v) is 6.91. The Hall–Kier alpha value is -2.12. The molecule has 0 heterocycles. The van der Waals surface area contributed by atoms with Gasteiger partial charge in [-0.2, -0.15) is 5.10 Å². The first-order valence-electron chi connectivity index (χ1n) is 8.84. The summed E-state index contributed by atoms with van der Waals surface area (Å²) >= 11 is 8.78. The van der Waals surface area contributed by atoms with Crippen LogP contribution >= 0.6 is 28.1 Å². The lowest BCUT2D eigenvalue weighted by Crippen LogP contribution is -2.31. The van der Waals surface area contributed by atoms with E-state index >= 15 is 0 Å². The highest BCUT2D eigenvalue weighted by molar-refractivity contribution is 9.10. The number of nitrogens with zero attached hydrogens (tertiary/aromatic N) is 1. The summed E-state index contributed by atoms with van der Waals surface area (Å²) in [5, 5.41) is 7.77. The molecule has 0 radical (unpaired) electrons. The van der Waals surface area contributed by atoms with Gasteiger partial charge in [0.25, 0.3) is 0 Å². The molecular weight excluding hydrogens is 426 g/mol. The fourth-order valence-corrected chi connectivity index (χ4v) is 2.95. The molecule has 2 aromatic rings. The Morgan fingerprint density at radius 2 is 1.96 bits per heavy atom. The Labute approximate surface area is 174 Å². The van der Waals surface area contributed by atoms with Gasteiger partial charge in [-0.1, -0.05) is 37.3 Å². The fraction of sp³-hybridized carbons (Fsp3) is 0.300. The quantitative estimate of drug-likeness (QED) is 0.331. The lowest BCUT2D eigenvalue weighted by Gasteiger charge is -2.14. The van der Waals surface area contributed by atoms with E-state index in [9.17, 15) is 0 Å². The van der Waals surface area contributed by atoms with Crippen molar-refractivity contribution in [2.75, 3.05) is 13.2 Å². The van der Waals surface area contributed by atoms with Gasteiger partial charge in [-0.25, -0.2) is 0 Å². The van der Waals surface area contributed by atoms with Gasteiger partial charge in [0.2, 0.25) is 0 Å². The van der Waals surface area contributed by atoms with E-state index in [1.54, 1.807) is 6.21 Å². The number of hydrogen-bond donors (Lipinski definition) is 2. The van der Waals surface area contributed by atoms with Gasteiger partial charge in [-0.05, 0) is 64.8 Å². The molecule has 0 atom stereocenters. The minimum atomic E-state index is 0.460. The third-order valence-electron chi connectivity index (χ3n) is 3.46. The van der Waals surface area contributed by atoms with Crippen LogP contribution < -0.4 is 20.2 Å². The first-order valence-corrected chi connectivity index (χ1v) is 10.0. The fourth-order valence-electron chi connectivity index (χ4n) is 2.25. The third kappa shape index (κ3) is 7.19. The van der Waals surface area contributed by atoms with Gasteiger partial charge < -0.3 is 14.8 Å². The van der Waals surface area contributed by atoms with Gasteiger partial charge in [-0.3, -0.25) is 5.43 Å². The van der Waals surface area contributed by atoms with Crippen LogP contribution in [-0.4, -0.2) is 24.5 Å². The predicted molar refractivity (Wildman–Crippen MR) is 118 cm³/mol. The zero-order valence-electron chi connectivity index (χ0n) is 15.5. The maximum atomic E-state index is 5.78. The first-order chi connectivity index (χ1) is 13.1. The molecule has 0 saturated carbocycles. The smallest absolute Gasteiger partial charge is 0.187 e. The van der Waals surface area contributed by atoms with E-state index in [1.807, 2.05) is 49.4 Å². The molecule has 0 fully saturated rings. The molecule has 0 spiro atoms. The lowest BCUT2D eigenvalue weighted by atomic mass is 10.2. The molecule has 0 aromatic heterocycles. The predicted octanol–water partition coefficient (Wildman–Crippen LogP) is 4.63. The van der Waals surface area contributed by atoms with Crippen LogP contribution in [0.5, 0.6) is 11.5 Å². The van der Waals surface area contributed by atoms with Crippen molar-refractivity contribution in [3.63, 3.8) is 0 Å². The number of hydrazone groups is 1. The monoisotopic (exact) mass is 449 g/mol. The molecule has 2 aromatic carbocycles. The average Bonchev–Trinajstić information content (AvgIpc) is 2.67. The molecule has 0 aliphatic heterocycles. The van der Waals surface area contributed by atoms with Crippen LogP contribution in [0.1, 0.15) is 31.4 Å². The second kappa shape index (κ2) is 11.6. The van der Waals surface area contributed by atoms with E-state index in [4.69, 9.17) is 21.7 Å². The zero-order valence-corrected chi connectivity index (χ0v) is 17.9. The number of rotatable bonds is 9. The minimum Gasteiger partial charge on any atom is -0.490 e. The topological polar surface area (TPSA) is 54.9 Å². The van der Waals surface area contributed by atoms with Gasteiger partial charge in [0.15, 0.2) is 16.6 Å². The van der Waals surface area contributed by atoms with Crippen molar-refractivity contribution in [1.82, 2.24) is 10.7 Å². The number of hydrogen-bond acceptors (Lipinski definition) is 4. The highest BCUT2D eigenvalue weighted by Crippen LogP contribution is 2.36. The SMILES string of the molecule is CCCOc1c(Br)cc(/C=N\NC(=S)NCc2ccccc2)cc1OCC. The Morgan fingerprint density at radius 3 is 2.67 bits per heavy atom. The van der Waals surface area contributed by atoms with E-state index in [-0.39, 0.29) is 0 Å². The van der Waals surface area contributed by atoms with Crippen LogP contribution in [0.15, 0.2) is 52.0 Å². The highest BCUT2D eigenvalue weighted by Gasteiger charge is 2.11. The van der Waals surface area contributed by atoms with E-state index in [1.165, 1.54) is 0 Å². The van der Waals surface area contributed by atoms with Crippen LogP contribution in [0.2, 0.25) is 0 Å². The normalized spacial score (nSPS) is 10.6. The minimum absolute atomic E-state index is 0.460. The summed E-state index contributed by atoms with van der Waals surface area (Å²) in [5.41, 5.74) is 4.84. The molecule has 0 aliphatic rings. The molecule has 2 N–H and O–H groups in total. The average molecular weight is 450 g/mol. The summed E-state index contributed by atoms with van der Waals surface area (Å²) < 4.78 is 12.3.